The van der Waals surface area contributed by atoms with Gasteiger partial charge in [0.25, 0.3) is 0 Å². The lowest BCUT2D eigenvalue weighted by Gasteiger charge is -2.41. The molecule has 0 aliphatic heterocycles. The van der Waals surface area contributed by atoms with Gasteiger partial charge in [0.2, 0.25) is 5.91 Å². The van der Waals surface area contributed by atoms with Crippen molar-refractivity contribution >= 4 is 13.7 Å². The highest BCUT2D eigenvalue weighted by Crippen LogP contribution is 2.47. The van der Waals surface area contributed by atoms with E-state index in [-0.39, 0.29) is 6.42 Å². The Hall–Kier alpha value is -1.48. The average molecular weight is 848 g/mol. The summed E-state index contributed by atoms with van der Waals surface area (Å²) >= 11 is 0. The number of unbranched alkanes of at least 4 members (excludes halogenated alkanes) is 19. The second kappa shape index (κ2) is 34.1. The molecule has 0 bridgehead atoms. The zero-order valence-electron chi connectivity index (χ0n) is 35.7. The third kappa shape index (κ3) is 26.0. The molecule has 58 heavy (non-hydrogen) atoms. The third-order valence-electron chi connectivity index (χ3n) is 10.7. The van der Waals surface area contributed by atoms with Gasteiger partial charge < -0.3 is 46.0 Å². The van der Waals surface area contributed by atoms with Crippen LogP contribution in [0.4, 0.5) is 0 Å². The van der Waals surface area contributed by atoms with E-state index in [2.05, 4.69) is 43.5 Å². The SMILES string of the molecule is CCCCCCC/C=C/CC/C=C/C(O)C(COP(=O)(O)OC1C(O)C(O)C(O)C(O)C1O)NC(=O)CC(O)CCCCCCC/C=C\CCCCCCCCCC. The van der Waals surface area contributed by atoms with Crippen LogP contribution in [0.2, 0.25) is 0 Å². The van der Waals surface area contributed by atoms with Crippen LogP contribution in [-0.4, -0.2) is 108 Å². The Morgan fingerprint density at radius 1 is 0.603 bits per heavy atom. The van der Waals surface area contributed by atoms with E-state index in [1.165, 1.54) is 83.1 Å². The highest BCUT2D eigenvalue weighted by Gasteiger charge is 2.51. The standard InChI is InChI=1S/C44H82NO12P/c1-3-5-7-9-11-13-15-16-17-18-19-20-22-23-25-27-29-31-35(46)33-38(48)45-36(37(47)32-30-28-26-24-21-14-12-10-8-6-4-2)34-56-58(54,55)57-44-42(52)40(50)39(49)41(51)43(44)53/h18-19,21,24,30,32,35-37,39-44,46-47,49-53H,3-17,20,22-23,25-29,31,33-34H2,1-2H3,(H,45,48)(H,54,55)/b19-18-,24-21+,32-30+. The van der Waals surface area contributed by atoms with Crippen LogP contribution in [0.3, 0.4) is 0 Å². The molecule has 0 radical (unpaired) electrons. The molecule has 1 aliphatic carbocycles. The Morgan fingerprint density at radius 2 is 1.02 bits per heavy atom. The number of hydrogen-bond donors (Lipinski definition) is 9. The summed E-state index contributed by atoms with van der Waals surface area (Å²) in [5.74, 6) is -0.610. The third-order valence-corrected chi connectivity index (χ3v) is 11.7. The Bertz CT molecular complexity index is 1140. The number of hydrogen-bond acceptors (Lipinski definition) is 11. The van der Waals surface area contributed by atoms with Gasteiger partial charge in [0.15, 0.2) is 0 Å². The van der Waals surface area contributed by atoms with Crippen molar-refractivity contribution in [1.82, 2.24) is 5.32 Å². The van der Waals surface area contributed by atoms with Gasteiger partial charge in [-0.05, 0) is 57.8 Å². The summed E-state index contributed by atoms with van der Waals surface area (Å²) in [6.07, 6.45) is 23.9. The van der Waals surface area contributed by atoms with Gasteiger partial charge in [-0.25, -0.2) is 4.57 Å². The van der Waals surface area contributed by atoms with Crippen LogP contribution in [0.1, 0.15) is 174 Å². The quantitative estimate of drug-likeness (QED) is 0.0177. The molecule has 8 atom stereocenters. The molecular weight excluding hydrogens is 765 g/mol. The van der Waals surface area contributed by atoms with Crippen LogP contribution in [-0.2, 0) is 18.4 Å². The summed E-state index contributed by atoms with van der Waals surface area (Å²) in [5.41, 5.74) is 0. The van der Waals surface area contributed by atoms with Crippen molar-refractivity contribution in [2.75, 3.05) is 6.61 Å². The van der Waals surface area contributed by atoms with Gasteiger partial charge in [-0.1, -0.05) is 147 Å². The molecule has 1 saturated carbocycles. The maximum Gasteiger partial charge on any atom is 0.472 e. The van der Waals surface area contributed by atoms with Crippen molar-refractivity contribution in [1.29, 1.82) is 0 Å². The largest absolute Gasteiger partial charge is 0.472 e. The maximum absolute atomic E-state index is 13.0. The van der Waals surface area contributed by atoms with Gasteiger partial charge in [-0.15, -0.1) is 0 Å². The Balaban J connectivity index is 2.55. The fourth-order valence-corrected chi connectivity index (χ4v) is 7.92. The molecule has 13 nitrogen and oxygen atoms in total. The Kier molecular flexibility index (Phi) is 32.1. The van der Waals surface area contributed by atoms with Crippen molar-refractivity contribution < 1.29 is 59.0 Å². The number of aliphatic hydroxyl groups excluding tert-OH is 7. The molecule has 0 aromatic rings. The van der Waals surface area contributed by atoms with Crippen molar-refractivity contribution in [3.63, 3.8) is 0 Å². The predicted octanol–water partition coefficient (Wildman–Crippen LogP) is 6.97. The van der Waals surface area contributed by atoms with E-state index >= 15 is 0 Å². The molecule has 8 unspecified atom stereocenters. The minimum Gasteiger partial charge on any atom is -0.393 e. The van der Waals surface area contributed by atoms with E-state index in [9.17, 15) is 50.0 Å². The fraction of sp³-hybridized carbons (Fsp3) is 0.841. The molecular formula is C44H82NO12P. The number of rotatable bonds is 36. The molecule has 0 saturated heterocycles. The number of carbonyl (C=O) groups is 1. The molecule has 1 aliphatic rings. The first-order chi connectivity index (χ1) is 27.8. The summed E-state index contributed by atoms with van der Waals surface area (Å²) in [4.78, 5) is 23.4. The number of aliphatic hydroxyl groups is 7. The molecule has 1 rings (SSSR count). The van der Waals surface area contributed by atoms with Crippen molar-refractivity contribution in [2.24, 2.45) is 0 Å². The van der Waals surface area contributed by atoms with Crippen molar-refractivity contribution in [2.45, 2.75) is 229 Å². The van der Waals surface area contributed by atoms with E-state index in [1.54, 1.807) is 6.08 Å². The number of amides is 1. The molecule has 1 fully saturated rings. The number of allylic oxidation sites excluding steroid dienone is 5. The first kappa shape index (κ1) is 54.5. The van der Waals surface area contributed by atoms with Crippen LogP contribution in [0.25, 0.3) is 0 Å². The van der Waals surface area contributed by atoms with E-state index in [1.807, 2.05) is 0 Å². The summed E-state index contributed by atoms with van der Waals surface area (Å²) in [7, 11) is -5.14. The van der Waals surface area contributed by atoms with Crippen LogP contribution in [0.5, 0.6) is 0 Å². The van der Waals surface area contributed by atoms with Crippen LogP contribution in [0.15, 0.2) is 36.5 Å². The number of phosphoric ester groups is 1. The lowest BCUT2D eigenvalue weighted by molar-refractivity contribution is -0.220. The number of carbonyl (C=O) groups excluding carboxylic acids is 1. The van der Waals surface area contributed by atoms with Gasteiger partial charge in [0.1, 0.15) is 36.6 Å². The number of nitrogens with one attached hydrogen (secondary N) is 1. The van der Waals surface area contributed by atoms with Gasteiger partial charge in [0, 0.05) is 0 Å². The Morgan fingerprint density at radius 3 is 1.52 bits per heavy atom. The van der Waals surface area contributed by atoms with Crippen LogP contribution in [0, 0.1) is 0 Å². The zero-order valence-corrected chi connectivity index (χ0v) is 36.6. The van der Waals surface area contributed by atoms with Crippen LogP contribution < -0.4 is 5.32 Å². The van der Waals surface area contributed by atoms with Crippen molar-refractivity contribution in [3.8, 4) is 0 Å². The molecule has 0 spiro atoms. The summed E-state index contributed by atoms with van der Waals surface area (Å²) < 4.78 is 22.8. The minimum absolute atomic E-state index is 0.258. The Labute approximate surface area is 349 Å². The van der Waals surface area contributed by atoms with E-state index in [0.717, 1.165) is 64.2 Å². The first-order valence-corrected chi connectivity index (χ1v) is 24.0. The minimum atomic E-state index is -5.14. The normalized spacial score (nSPS) is 24.1. The van der Waals surface area contributed by atoms with Gasteiger partial charge in [0.05, 0.1) is 31.3 Å². The van der Waals surface area contributed by atoms with E-state index < -0.39 is 75.2 Å². The second-order valence-corrected chi connectivity index (χ2v) is 17.5. The lowest BCUT2D eigenvalue weighted by Crippen LogP contribution is -2.64. The zero-order chi connectivity index (χ0) is 43.0. The monoisotopic (exact) mass is 848 g/mol. The highest BCUT2D eigenvalue weighted by atomic mass is 31.2. The molecule has 0 heterocycles. The molecule has 0 aromatic carbocycles. The smallest absolute Gasteiger partial charge is 0.393 e. The number of phosphoric acid groups is 1. The predicted molar refractivity (Wildman–Crippen MR) is 229 cm³/mol. The van der Waals surface area contributed by atoms with Crippen molar-refractivity contribution in [3.05, 3.63) is 36.5 Å². The van der Waals surface area contributed by atoms with Crippen LogP contribution >= 0.6 is 7.82 Å². The maximum atomic E-state index is 13.0. The molecule has 0 aromatic heterocycles. The second-order valence-electron chi connectivity index (χ2n) is 16.1. The molecule has 1 amide bonds. The van der Waals surface area contributed by atoms with E-state index in [4.69, 9.17) is 9.05 Å². The molecule has 9 N–H and O–H groups in total. The summed E-state index contributed by atoms with van der Waals surface area (Å²) in [5, 5.41) is 74.2. The fourth-order valence-electron chi connectivity index (χ4n) is 6.96. The average Bonchev–Trinajstić information content (AvgIpc) is 3.19. The topological polar surface area (TPSA) is 226 Å². The molecule has 340 valence electrons. The summed E-state index contributed by atoms with van der Waals surface area (Å²) in [6, 6.07) is -1.26. The molecule has 14 heteroatoms. The van der Waals surface area contributed by atoms with Gasteiger partial charge >= 0.3 is 7.82 Å². The van der Waals surface area contributed by atoms with E-state index in [0.29, 0.717) is 12.8 Å². The lowest BCUT2D eigenvalue weighted by atomic mass is 9.85. The first-order valence-electron chi connectivity index (χ1n) is 22.5. The van der Waals surface area contributed by atoms with Gasteiger partial charge in [-0.3, -0.25) is 13.8 Å². The summed E-state index contributed by atoms with van der Waals surface area (Å²) in [6.45, 7) is 3.68. The van der Waals surface area contributed by atoms with Gasteiger partial charge in [-0.2, -0.15) is 0 Å². The highest BCUT2D eigenvalue weighted by molar-refractivity contribution is 7.47.